The van der Waals surface area contributed by atoms with Gasteiger partial charge in [0.1, 0.15) is 17.0 Å². The quantitative estimate of drug-likeness (QED) is 0.311. The van der Waals surface area contributed by atoms with Crippen LogP contribution in [0.1, 0.15) is 16.8 Å². The van der Waals surface area contributed by atoms with Gasteiger partial charge in [0.25, 0.3) is 5.91 Å². The number of hydrogen-bond donors (Lipinski definition) is 2. The summed E-state index contributed by atoms with van der Waals surface area (Å²) in [7, 11) is -1.26. The number of nitrogens with zero attached hydrogens (tertiary/aromatic N) is 3. The molecule has 0 bridgehead atoms. The Kier molecular flexibility index (Phi) is 8.68. The lowest BCUT2D eigenvalue weighted by Crippen LogP contribution is -2.44. The van der Waals surface area contributed by atoms with Crippen LogP contribution >= 0.6 is 23.1 Å². The number of nitrogens with one attached hydrogen (secondary N) is 2. The normalized spacial score (nSPS) is 12.6. The number of anilines is 1. The predicted octanol–water partition coefficient (Wildman–Crippen LogP) is 4.31. The van der Waals surface area contributed by atoms with Crippen molar-refractivity contribution in [1.82, 2.24) is 19.3 Å². The van der Waals surface area contributed by atoms with Gasteiger partial charge in [-0.3, -0.25) is 18.5 Å². The van der Waals surface area contributed by atoms with Gasteiger partial charge in [-0.25, -0.2) is 9.19 Å². The Labute approximate surface area is 220 Å². The second kappa shape index (κ2) is 12.1. The van der Waals surface area contributed by atoms with E-state index in [0.29, 0.717) is 22.9 Å². The molecule has 2 atom stereocenters. The molecule has 36 heavy (non-hydrogen) atoms. The fourth-order valence-corrected chi connectivity index (χ4v) is 5.16. The van der Waals surface area contributed by atoms with Crippen molar-refractivity contribution < 1.29 is 13.8 Å². The number of benzene rings is 1. The lowest BCUT2D eigenvalue weighted by molar-refractivity contribution is -0.118. The first kappa shape index (κ1) is 25.8. The molecule has 0 aliphatic carbocycles. The fraction of sp³-hybridized carbons (Fsp3) is 0.200. The van der Waals surface area contributed by atoms with Gasteiger partial charge in [0.2, 0.25) is 5.91 Å². The third kappa shape index (κ3) is 6.48. The second-order valence-electron chi connectivity index (χ2n) is 7.84. The molecule has 0 spiro atoms. The van der Waals surface area contributed by atoms with Crippen molar-refractivity contribution in [3.8, 4) is 22.4 Å². The highest BCUT2D eigenvalue weighted by molar-refractivity contribution is 7.98. The largest absolute Gasteiger partial charge is 0.340 e. The van der Waals surface area contributed by atoms with Crippen molar-refractivity contribution in [3.63, 3.8) is 0 Å². The molecule has 3 heterocycles. The molecule has 3 aromatic heterocycles. The number of pyridine rings is 1. The minimum atomic E-state index is -1.26. The standard InChI is InChI=1S/C25H25N5O3S3/c1-34-13-9-21(27-23(31)20-8-12-30(15-20)36(2)33)24(32)29-25-28-22(16-35-25)19-5-3-4-18(14-19)17-6-10-26-11-7-17/h3-8,10-12,14-16,21H,9,13H2,1-2H3,(H,27,31)(H,28,29,32)/t21-,36?/m0/s1. The van der Waals surface area contributed by atoms with Gasteiger partial charge in [0.05, 0.1) is 11.3 Å². The molecule has 0 radical (unpaired) electrons. The van der Waals surface area contributed by atoms with Crippen molar-refractivity contribution in [2.45, 2.75) is 12.5 Å². The Morgan fingerprint density at radius 1 is 1.14 bits per heavy atom. The highest BCUT2D eigenvalue weighted by Crippen LogP contribution is 2.29. The van der Waals surface area contributed by atoms with Crippen LogP contribution in [0.15, 0.2) is 72.6 Å². The molecular formula is C25H25N5O3S3. The Balaban J connectivity index is 1.46. The van der Waals surface area contributed by atoms with E-state index in [1.165, 1.54) is 27.8 Å². The third-order valence-corrected chi connectivity index (χ3v) is 7.59. The molecule has 0 fully saturated rings. The number of aromatic nitrogens is 3. The first-order chi connectivity index (χ1) is 17.4. The molecule has 0 saturated heterocycles. The topological polar surface area (TPSA) is 106 Å². The molecule has 4 aromatic rings. The SMILES string of the molecule is CSCC[C@H](NC(=O)c1ccn(S(C)=O)c1)C(=O)Nc1nc(-c2cccc(-c3ccncc3)c2)cs1. The Morgan fingerprint density at radius 3 is 2.64 bits per heavy atom. The molecule has 4 rings (SSSR count). The van der Waals surface area contributed by atoms with E-state index >= 15 is 0 Å². The molecular weight excluding hydrogens is 515 g/mol. The molecule has 8 nitrogen and oxygen atoms in total. The van der Waals surface area contributed by atoms with Gasteiger partial charge in [0, 0.05) is 42.0 Å². The third-order valence-electron chi connectivity index (χ3n) is 5.37. The molecule has 2 amide bonds. The van der Waals surface area contributed by atoms with Gasteiger partial charge in [-0.2, -0.15) is 11.8 Å². The molecule has 1 unspecified atom stereocenters. The summed E-state index contributed by atoms with van der Waals surface area (Å²) in [6, 6.07) is 12.8. The van der Waals surface area contributed by atoms with Gasteiger partial charge >= 0.3 is 0 Å². The zero-order valence-electron chi connectivity index (χ0n) is 19.7. The fourth-order valence-electron chi connectivity index (χ4n) is 3.48. The summed E-state index contributed by atoms with van der Waals surface area (Å²) < 4.78 is 13.1. The van der Waals surface area contributed by atoms with Crippen LogP contribution in [-0.2, 0) is 15.8 Å². The average Bonchev–Trinajstić information content (AvgIpc) is 3.57. The lowest BCUT2D eigenvalue weighted by Gasteiger charge is -2.17. The molecule has 0 aliphatic heterocycles. The van der Waals surface area contributed by atoms with Crippen LogP contribution < -0.4 is 10.6 Å². The summed E-state index contributed by atoms with van der Waals surface area (Å²) in [4.78, 5) is 34.4. The van der Waals surface area contributed by atoms with Crippen LogP contribution in [0.2, 0.25) is 0 Å². The van der Waals surface area contributed by atoms with Gasteiger partial charge < -0.3 is 10.6 Å². The number of thiazole rings is 1. The maximum absolute atomic E-state index is 13.1. The van der Waals surface area contributed by atoms with Crippen molar-refractivity contribution in [2.75, 3.05) is 23.6 Å². The van der Waals surface area contributed by atoms with E-state index < -0.39 is 22.9 Å². The summed E-state index contributed by atoms with van der Waals surface area (Å²) >= 11 is 2.92. The molecule has 186 valence electrons. The summed E-state index contributed by atoms with van der Waals surface area (Å²) in [5, 5.41) is 8.00. The van der Waals surface area contributed by atoms with Crippen LogP contribution in [0.4, 0.5) is 5.13 Å². The number of carbonyl (C=O) groups excluding carboxylic acids is 2. The maximum Gasteiger partial charge on any atom is 0.253 e. The first-order valence-corrected chi connectivity index (χ1v) is 14.8. The minimum absolute atomic E-state index is 0.331. The summed E-state index contributed by atoms with van der Waals surface area (Å²) in [6.07, 6.45) is 10.5. The molecule has 11 heteroatoms. The van der Waals surface area contributed by atoms with E-state index in [0.717, 1.165) is 22.4 Å². The first-order valence-electron chi connectivity index (χ1n) is 11.0. The Hall–Kier alpha value is -3.28. The van der Waals surface area contributed by atoms with E-state index in [4.69, 9.17) is 0 Å². The Bertz CT molecular complexity index is 1370. The van der Waals surface area contributed by atoms with Crippen LogP contribution in [0.3, 0.4) is 0 Å². The number of thioether (sulfide) groups is 1. The highest BCUT2D eigenvalue weighted by Gasteiger charge is 2.23. The van der Waals surface area contributed by atoms with Gasteiger partial charge in [-0.05, 0) is 53.8 Å². The number of hydrogen-bond acceptors (Lipinski definition) is 7. The summed E-state index contributed by atoms with van der Waals surface area (Å²) in [5.41, 5.74) is 4.14. The van der Waals surface area contributed by atoms with Crippen LogP contribution in [0.5, 0.6) is 0 Å². The summed E-state index contributed by atoms with van der Waals surface area (Å²) in [6.45, 7) is 0. The lowest BCUT2D eigenvalue weighted by atomic mass is 10.0. The minimum Gasteiger partial charge on any atom is -0.340 e. The number of rotatable bonds is 10. The predicted molar refractivity (Wildman–Crippen MR) is 148 cm³/mol. The van der Waals surface area contributed by atoms with Crippen molar-refractivity contribution >= 4 is 51.0 Å². The van der Waals surface area contributed by atoms with Gasteiger partial charge in [-0.1, -0.05) is 18.2 Å². The summed E-state index contributed by atoms with van der Waals surface area (Å²) in [5.74, 6) is -0.0287. The van der Waals surface area contributed by atoms with Gasteiger partial charge in [0.15, 0.2) is 5.13 Å². The highest BCUT2D eigenvalue weighted by atomic mass is 32.2. The van der Waals surface area contributed by atoms with E-state index in [1.54, 1.807) is 36.4 Å². The molecule has 0 saturated carbocycles. The zero-order chi connectivity index (χ0) is 25.5. The molecule has 2 N–H and O–H groups in total. The van der Waals surface area contributed by atoms with E-state index in [1.807, 2.05) is 48.0 Å². The van der Waals surface area contributed by atoms with E-state index in [9.17, 15) is 13.8 Å². The zero-order valence-corrected chi connectivity index (χ0v) is 22.2. The molecule has 1 aromatic carbocycles. The number of carbonyl (C=O) groups is 2. The van der Waals surface area contributed by atoms with Crippen molar-refractivity contribution in [3.05, 3.63) is 78.2 Å². The van der Waals surface area contributed by atoms with E-state index in [-0.39, 0.29) is 5.91 Å². The van der Waals surface area contributed by atoms with E-state index in [2.05, 4.69) is 20.6 Å². The average molecular weight is 540 g/mol. The second-order valence-corrected chi connectivity index (χ2v) is 10.9. The van der Waals surface area contributed by atoms with Gasteiger partial charge in [-0.15, -0.1) is 11.3 Å². The monoisotopic (exact) mass is 539 g/mol. The smallest absolute Gasteiger partial charge is 0.253 e. The van der Waals surface area contributed by atoms with Crippen molar-refractivity contribution in [2.24, 2.45) is 0 Å². The van der Waals surface area contributed by atoms with Crippen LogP contribution in [0, 0.1) is 0 Å². The van der Waals surface area contributed by atoms with Crippen molar-refractivity contribution in [1.29, 1.82) is 0 Å². The number of amides is 2. The Morgan fingerprint density at radius 2 is 1.92 bits per heavy atom. The van der Waals surface area contributed by atoms with Crippen LogP contribution in [0.25, 0.3) is 22.4 Å². The maximum atomic E-state index is 13.1. The van der Waals surface area contributed by atoms with Crippen LogP contribution in [-0.4, -0.2) is 54.3 Å². The molecule has 0 aliphatic rings.